The zero-order valence-electron chi connectivity index (χ0n) is 14.0. The van der Waals surface area contributed by atoms with E-state index >= 15 is 0 Å². The highest BCUT2D eigenvalue weighted by Crippen LogP contribution is 2.29. The van der Waals surface area contributed by atoms with E-state index in [9.17, 15) is 4.79 Å². The number of ether oxygens (including phenoxy) is 1. The van der Waals surface area contributed by atoms with Crippen LogP contribution in [0.2, 0.25) is 0 Å². The van der Waals surface area contributed by atoms with Gasteiger partial charge in [0, 0.05) is 17.5 Å². The van der Waals surface area contributed by atoms with Gasteiger partial charge in [-0.25, -0.2) is 0 Å². The Kier molecular flexibility index (Phi) is 5.70. The topological polar surface area (TPSA) is 29.5 Å². The lowest BCUT2D eigenvalue weighted by Crippen LogP contribution is -2.40. The van der Waals surface area contributed by atoms with Crippen molar-refractivity contribution in [2.45, 2.75) is 38.1 Å². The Morgan fingerprint density at radius 2 is 1.92 bits per heavy atom. The molecule has 0 aliphatic heterocycles. The van der Waals surface area contributed by atoms with Crippen LogP contribution in [-0.2, 0) is 4.79 Å². The Labute approximate surface area is 147 Å². The molecule has 3 rings (SSSR count). The van der Waals surface area contributed by atoms with Crippen LogP contribution in [0.5, 0.6) is 5.75 Å². The summed E-state index contributed by atoms with van der Waals surface area (Å²) >= 11 is 1.64. The lowest BCUT2D eigenvalue weighted by atomic mass is 9.94. The third-order valence-electron chi connectivity index (χ3n) is 4.50. The molecule has 0 atom stereocenters. The van der Waals surface area contributed by atoms with Gasteiger partial charge in [0.05, 0.1) is 12.8 Å². The summed E-state index contributed by atoms with van der Waals surface area (Å²) < 4.78 is 5.16. The van der Waals surface area contributed by atoms with Crippen LogP contribution in [0.4, 0.5) is 5.69 Å². The van der Waals surface area contributed by atoms with Gasteiger partial charge in [-0.1, -0.05) is 31.4 Å². The molecule has 0 saturated heterocycles. The largest absolute Gasteiger partial charge is 0.497 e. The third-order valence-corrected chi connectivity index (χ3v) is 5.17. The lowest BCUT2D eigenvalue weighted by Gasteiger charge is -2.33. The first-order valence-electron chi connectivity index (χ1n) is 8.45. The molecule has 4 heteroatoms. The molecule has 0 spiro atoms. The predicted molar refractivity (Wildman–Crippen MR) is 101 cm³/mol. The summed E-state index contributed by atoms with van der Waals surface area (Å²) in [6.07, 6.45) is 9.46. The first-order chi connectivity index (χ1) is 11.8. The molecular weight excluding hydrogens is 318 g/mol. The standard InChI is InChI=1S/C20H23NO2S/c1-23-19-10-7-16(8-11-19)9-12-20(22)21(18-13-14-24-15-18)17-5-3-2-4-6-17/h7-15,17H,2-6H2,1H3/b12-9+. The molecule has 1 heterocycles. The SMILES string of the molecule is COc1ccc(/C=C/C(=O)N(c2ccsc2)C2CCCCC2)cc1. The Bertz CT molecular complexity index is 670. The molecule has 3 nitrogen and oxygen atoms in total. The third kappa shape index (κ3) is 4.06. The summed E-state index contributed by atoms with van der Waals surface area (Å²) in [5.74, 6) is 0.886. The average molecular weight is 341 g/mol. The fraction of sp³-hybridized carbons (Fsp3) is 0.350. The molecule has 2 aromatic rings. The van der Waals surface area contributed by atoms with E-state index in [1.54, 1.807) is 24.5 Å². The zero-order valence-corrected chi connectivity index (χ0v) is 14.8. The molecule has 1 fully saturated rings. The summed E-state index contributed by atoms with van der Waals surface area (Å²) in [4.78, 5) is 14.8. The van der Waals surface area contributed by atoms with Gasteiger partial charge in [0.25, 0.3) is 5.91 Å². The number of thiophene rings is 1. The maximum Gasteiger partial charge on any atom is 0.251 e. The van der Waals surface area contributed by atoms with E-state index in [2.05, 4.69) is 5.38 Å². The minimum absolute atomic E-state index is 0.0659. The van der Waals surface area contributed by atoms with Crippen molar-refractivity contribution in [3.05, 3.63) is 52.7 Å². The van der Waals surface area contributed by atoms with E-state index in [4.69, 9.17) is 4.74 Å². The second-order valence-corrected chi connectivity index (χ2v) is 6.87. The first kappa shape index (κ1) is 16.8. The molecule has 0 N–H and O–H groups in total. The van der Waals surface area contributed by atoms with Gasteiger partial charge in [0.1, 0.15) is 5.75 Å². The van der Waals surface area contributed by atoms with Gasteiger partial charge in [0.15, 0.2) is 0 Å². The number of hydrogen-bond donors (Lipinski definition) is 0. The number of benzene rings is 1. The minimum Gasteiger partial charge on any atom is -0.497 e. The predicted octanol–water partition coefficient (Wildman–Crippen LogP) is 5.14. The maximum atomic E-state index is 12.9. The van der Waals surface area contributed by atoms with Gasteiger partial charge >= 0.3 is 0 Å². The fourth-order valence-corrected chi connectivity index (χ4v) is 3.84. The average Bonchev–Trinajstić information content (AvgIpc) is 3.15. The molecular formula is C20H23NO2S. The molecule has 126 valence electrons. The highest BCUT2D eigenvalue weighted by molar-refractivity contribution is 7.08. The molecule has 1 aliphatic carbocycles. The summed E-state index contributed by atoms with van der Waals surface area (Å²) in [6, 6.07) is 10.1. The molecule has 0 radical (unpaired) electrons. The summed E-state index contributed by atoms with van der Waals surface area (Å²) in [5, 5.41) is 4.10. The van der Waals surface area contributed by atoms with Crippen LogP contribution in [0.15, 0.2) is 47.2 Å². The van der Waals surface area contributed by atoms with Crippen molar-refractivity contribution in [2.24, 2.45) is 0 Å². The number of anilines is 1. The highest BCUT2D eigenvalue weighted by Gasteiger charge is 2.25. The number of carbonyl (C=O) groups excluding carboxylic acids is 1. The molecule has 1 aromatic heterocycles. The van der Waals surface area contributed by atoms with E-state index in [1.807, 2.05) is 46.7 Å². The van der Waals surface area contributed by atoms with Gasteiger partial charge in [-0.05, 0) is 48.1 Å². The molecule has 1 aromatic carbocycles. The number of amides is 1. The second kappa shape index (κ2) is 8.15. The van der Waals surface area contributed by atoms with Gasteiger partial charge < -0.3 is 9.64 Å². The number of methoxy groups -OCH3 is 1. The maximum absolute atomic E-state index is 12.9. The molecule has 24 heavy (non-hydrogen) atoms. The van der Waals surface area contributed by atoms with Crippen molar-refractivity contribution in [1.29, 1.82) is 0 Å². The monoisotopic (exact) mass is 341 g/mol. The summed E-state index contributed by atoms with van der Waals surface area (Å²) in [7, 11) is 1.65. The van der Waals surface area contributed by atoms with Crippen molar-refractivity contribution in [3.8, 4) is 5.75 Å². The van der Waals surface area contributed by atoms with E-state index in [1.165, 1.54) is 19.3 Å². The van der Waals surface area contributed by atoms with Gasteiger partial charge in [-0.15, -0.1) is 0 Å². The van der Waals surface area contributed by atoms with E-state index in [-0.39, 0.29) is 5.91 Å². The molecule has 1 amide bonds. The van der Waals surface area contributed by atoms with Crippen LogP contribution in [0.1, 0.15) is 37.7 Å². The quantitative estimate of drug-likeness (QED) is 0.705. The lowest BCUT2D eigenvalue weighted by molar-refractivity contribution is -0.114. The summed E-state index contributed by atoms with van der Waals surface area (Å²) in [6.45, 7) is 0. The Balaban J connectivity index is 1.76. The Morgan fingerprint density at radius 3 is 2.54 bits per heavy atom. The summed E-state index contributed by atoms with van der Waals surface area (Å²) in [5.41, 5.74) is 2.02. The van der Waals surface area contributed by atoms with Crippen LogP contribution in [0.25, 0.3) is 6.08 Å². The van der Waals surface area contributed by atoms with E-state index in [0.29, 0.717) is 6.04 Å². The van der Waals surface area contributed by atoms with Crippen LogP contribution < -0.4 is 9.64 Å². The zero-order chi connectivity index (χ0) is 16.8. The van der Waals surface area contributed by atoms with Crippen molar-refractivity contribution >= 4 is 29.0 Å². The fourth-order valence-electron chi connectivity index (χ4n) is 3.21. The van der Waals surface area contributed by atoms with Gasteiger partial charge in [-0.3, -0.25) is 4.79 Å². The Morgan fingerprint density at radius 1 is 1.17 bits per heavy atom. The minimum atomic E-state index is 0.0659. The van der Waals surface area contributed by atoms with Crippen LogP contribution in [0.3, 0.4) is 0 Å². The number of rotatable bonds is 5. The number of carbonyl (C=O) groups is 1. The normalized spacial score (nSPS) is 15.5. The van der Waals surface area contributed by atoms with Crippen LogP contribution in [0, 0.1) is 0 Å². The first-order valence-corrected chi connectivity index (χ1v) is 9.40. The number of nitrogens with zero attached hydrogens (tertiary/aromatic N) is 1. The van der Waals surface area contributed by atoms with Crippen molar-refractivity contribution in [2.75, 3.05) is 12.0 Å². The van der Waals surface area contributed by atoms with Crippen LogP contribution in [-0.4, -0.2) is 19.1 Å². The molecule has 1 aliphatic rings. The van der Waals surface area contributed by atoms with Crippen molar-refractivity contribution in [1.82, 2.24) is 0 Å². The smallest absolute Gasteiger partial charge is 0.251 e. The van der Waals surface area contributed by atoms with Gasteiger partial charge in [0.2, 0.25) is 0 Å². The number of hydrogen-bond acceptors (Lipinski definition) is 3. The van der Waals surface area contributed by atoms with E-state index in [0.717, 1.165) is 29.8 Å². The van der Waals surface area contributed by atoms with Crippen LogP contribution >= 0.6 is 11.3 Å². The second-order valence-electron chi connectivity index (χ2n) is 6.09. The van der Waals surface area contributed by atoms with Gasteiger partial charge in [-0.2, -0.15) is 11.3 Å². The van der Waals surface area contributed by atoms with E-state index < -0.39 is 0 Å². The Hall–Kier alpha value is -2.07. The molecule has 0 unspecified atom stereocenters. The highest BCUT2D eigenvalue weighted by atomic mass is 32.1. The molecule has 0 bridgehead atoms. The van der Waals surface area contributed by atoms with Crippen molar-refractivity contribution < 1.29 is 9.53 Å². The molecule has 1 saturated carbocycles. The van der Waals surface area contributed by atoms with Crippen molar-refractivity contribution in [3.63, 3.8) is 0 Å².